The van der Waals surface area contributed by atoms with Gasteiger partial charge in [-0.1, -0.05) is 33.3 Å². The summed E-state index contributed by atoms with van der Waals surface area (Å²) in [7, 11) is 3.17. The van der Waals surface area contributed by atoms with Crippen LogP contribution >= 0.6 is 0 Å². The molecule has 1 unspecified atom stereocenters. The fourth-order valence-corrected chi connectivity index (χ4v) is 4.46. The van der Waals surface area contributed by atoms with E-state index in [2.05, 4.69) is 19.2 Å². The van der Waals surface area contributed by atoms with E-state index >= 15 is 0 Å². The van der Waals surface area contributed by atoms with Gasteiger partial charge in [0.15, 0.2) is 5.78 Å². The quantitative estimate of drug-likeness (QED) is 0.504. The van der Waals surface area contributed by atoms with Crippen LogP contribution < -0.4 is 14.8 Å². The van der Waals surface area contributed by atoms with Gasteiger partial charge in [0.1, 0.15) is 11.5 Å². The number of nitrogens with one attached hydrogen (secondary N) is 1. The van der Waals surface area contributed by atoms with Crippen molar-refractivity contribution in [1.29, 1.82) is 0 Å². The molecule has 1 heterocycles. The van der Waals surface area contributed by atoms with Gasteiger partial charge in [-0.2, -0.15) is 0 Å². The fourth-order valence-electron chi connectivity index (χ4n) is 4.46. The summed E-state index contributed by atoms with van der Waals surface area (Å²) < 4.78 is 16.6. The lowest BCUT2D eigenvalue weighted by Gasteiger charge is -2.39. The number of hydrogen-bond donors (Lipinski definition) is 1. The van der Waals surface area contributed by atoms with Crippen LogP contribution in [0.25, 0.3) is 0 Å². The second-order valence-electron chi connectivity index (χ2n) is 9.03. The molecule has 0 amide bonds. The Morgan fingerprint density at radius 1 is 1.19 bits per heavy atom. The molecule has 2 aliphatic rings. The molecule has 168 valence electrons. The SMILES string of the molecule is CCCCOC(=O)C1=C(C)NC2=C(C(=O)CC(C)(C)C2)C1c1ccc(OC)cc1OC. The molecule has 0 radical (unpaired) electrons. The van der Waals surface area contributed by atoms with Gasteiger partial charge in [-0.25, -0.2) is 4.79 Å². The summed E-state index contributed by atoms with van der Waals surface area (Å²) in [5.74, 6) is 0.323. The van der Waals surface area contributed by atoms with Crippen LogP contribution in [0, 0.1) is 5.41 Å². The summed E-state index contributed by atoms with van der Waals surface area (Å²) in [5.41, 5.74) is 3.31. The number of ketones is 1. The Labute approximate surface area is 184 Å². The molecule has 0 aromatic heterocycles. The van der Waals surface area contributed by atoms with Crippen molar-refractivity contribution < 1.29 is 23.8 Å². The van der Waals surface area contributed by atoms with Crippen LogP contribution in [0.5, 0.6) is 11.5 Å². The Bertz CT molecular complexity index is 941. The lowest BCUT2D eigenvalue weighted by molar-refractivity contribution is -0.139. The zero-order valence-electron chi connectivity index (χ0n) is 19.4. The number of carbonyl (C=O) groups is 2. The summed E-state index contributed by atoms with van der Waals surface area (Å²) >= 11 is 0. The molecule has 0 saturated carbocycles. The molecular formula is C25H33NO5. The topological polar surface area (TPSA) is 73.9 Å². The maximum absolute atomic E-state index is 13.3. The van der Waals surface area contributed by atoms with Gasteiger partial charge in [0, 0.05) is 35.0 Å². The maximum Gasteiger partial charge on any atom is 0.336 e. The predicted octanol–water partition coefficient (Wildman–Crippen LogP) is 4.65. The van der Waals surface area contributed by atoms with Crippen molar-refractivity contribution >= 4 is 11.8 Å². The van der Waals surface area contributed by atoms with Crippen molar-refractivity contribution in [2.45, 2.75) is 59.3 Å². The molecule has 1 aromatic rings. The molecule has 31 heavy (non-hydrogen) atoms. The molecule has 0 bridgehead atoms. The number of carbonyl (C=O) groups excluding carboxylic acids is 2. The number of ether oxygens (including phenoxy) is 3. The van der Waals surface area contributed by atoms with Gasteiger partial charge < -0.3 is 19.5 Å². The van der Waals surface area contributed by atoms with E-state index in [1.54, 1.807) is 20.3 Å². The number of hydrogen-bond acceptors (Lipinski definition) is 6. The van der Waals surface area contributed by atoms with Crippen molar-refractivity contribution in [2.75, 3.05) is 20.8 Å². The third-order valence-electron chi connectivity index (χ3n) is 5.94. The van der Waals surface area contributed by atoms with Crippen molar-refractivity contribution in [2.24, 2.45) is 5.41 Å². The minimum atomic E-state index is -0.546. The average molecular weight is 428 g/mol. The van der Waals surface area contributed by atoms with Gasteiger partial charge in [0.05, 0.1) is 32.3 Å². The molecule has 0 saturated heterocycles. The van der Waals surface area contributed by atoms with Crippen molar-refractivity contribution in [3.63, 3.8) is 0 Å². The average Bonchev–Trinajstić information content (AvgIpc) is 2.71. The van der Waals surface area contributed by atoms with Crippen molar-refractivity contribution in [3.05, 3.63) is 46.3 Å². The number of Topliss-reactive ketones (excluding diaryl/α,β-unsaturated/α-hetero) is 1. The zero-order chi connectivity index (χ0) is 22.8. The van der Waals surface area contributed by atoms with Crippen molar-refractivity contribution in [1.82, 2.24) is 5.32 Å². The Hall–Kier alpha value is -2.76. The first-order valence-electron chi connectivity index (χ1n) is 10.9. The minimum absolute atomic E-state index is 0.0491. The predicted molar refractivity (Wildman–Crippen MR) is 119 cm³/mol. The van der Waals surface area contributed by atoms with E-state index in [9.17, 15) is 9.59 Å². The summed E-state index contributed by atoms with van der Waals surface area (Å²) in [6.45, 7) is 8.45. The molecule has 6 heteroatoms. The summed E-state index contributed by atoms with van der Waals surface area (Å²) in [4.78, 5) is 26.5. The van der Waals surface area contributed by atoms with Gasteiger partial charge in [-0.05, 0) is 31.2 Å². The molecule has 6 nitrogen and oxygen atoms in total. The Morgan fingerprint density at radius 3 is 2.58 bits per heavy atom. The van der Waals surface area contributed by atoms with Crippen molar-refractivity contribution in [3.8, 4) is 11.5 Å². The van der Waals surface area contributed by atoms with E-state index in [0.29, 0.717) is 41.4 Å². The van der Waals surface area contributed by atoms with Crippen LogP contribution in [0.2, 0.25) is 0 Å². The molecule has 1 aliphatic heterocycles. The molecule has 0 spiro atoms. The Kier molecular flexibility index (Phi) is 6.77. The third kappa shape index (κ3) is 4.63. The van der Waals surface area contributed by atoms with E-state index < -0.39 is 11.9 Å². The van der Waals surface area contributed by atoms with E-state index in [-0.39, 0.29) is 11.2 Å². The minimum Gasteiger partial charge on any atom is -0.497 e. The van der Waals surface area contributed by atoms with Gasteiger partial charge in [0.2, 0.25) is 0 Å². The molecule has 1 aliphatic carbocycles. The lowest BCUT2D eigenvalue weighted by atomic mass is 9.68. The van der Waals surface area contributed by atoms with E-state index in [1.807, 2.05) is 26.0 Å². The summed E-state index contributed by atoms with van der Waals surface area (Å²) in [5, 5.41) is 3.36. The van der Waals surface area contributed by atoms with Crippen LogP contribution in [-0.2, 0) is 14.3 Å². The molecule has 1 atom stereocenters. The summed E-state index contributed by atoms with van der Waals surface area (Å²) in [6, 6.07) is 5.48. The number of dihydropyridines is 1. The second kappa shape index (κ2) is 9.16. The Balaban J connectivity index is 2.16. The fraction of sp³-hybridized carbons (Fsp3) is 0.520. The molecule has 1 aromatic carbocycles. The highest BCUT2D eigenvalue weighted by molar-refractivity contribution is 6.04. The first kappa shape index (κ1) is 22.9. The zero-order valence-corrected chi connectivity index (χ0v) is 19.4. The highest BCUT2D eigenvalue weighted by atomic mass is 16.5. The van der Waals surface area contributed by atoms with E-state index in [0.717, 1.165) is 30.5 Å². The van der Waals surface area contributed by atoms with Gasteiger partial charge in [0.25, 0.3) is 0 Å². The van der Waals surface area contributed by atoms with Crippen LogP contribution in [0.4, 0.5) is 0 Å². The normalized spacial score (nSPS) is 20.2. The lowest BCUT2D eigenvalue weighted by Crippen LogP contribution is -2.38. The monoisotopic (exact) mass is 427 g/mol. The third-order valence-corrected chi connectivity index (χ3v) is 5.94. The van der Waals surface area contributed by atoms with E-state index in [1.165, 1.54) is 0 Å². The number of rotatable bonds is 7. The standard InChI is InChI=1S/C25H33NO5/c1-7-8-11-31-24(28)21-15(2)26-18-13-25(3,4)14-19(27)23(18)22(21)17-10-9-16(29-5)12-20(17)30-6/h9-10,12,22,26H,7-8,11,13-14H2,1-6H3. The van der Waals surface area contributed by atoms with Gasteiger partial charge >= 0.3 is 5.97 Å². The highest BCUT2D eigenvalue weighted by Gasteiger charge is 2.44. The second-order valence-corrected chi connectivity index (χ2v) is 9.03. The largest absolute Gasteiger partial charge is 0.497 e. The smallest absolute Gasteiger partial charge is 0.336 e. The van der Waals surface area contributed by atoms with Gasteiger partial charge in [-0.3, -0.25) is 4.79 Å². The van der Waals surface area contributed by atoms with Crippen LogP contribution in [0.15, 0.2) is 40.7 Å². The Morgan fingerprint density at radius 2 is 1.94 bits per heavy atom. The van der Waals surface area contributed by atoms with E-state index in [4.69, 9.17) is 14.2 Å². The first-order chi connectivity index (χ1) is 14.7. The number of benzene rings is 1. The number of allylic oxidation sites excluding steroid dienone is 3. The van der Waals surface area contributed by atoms with Gasteiger partial charge in [-0.15, -0.1) is 0 Å². The highest BCUT2D eigenvalue weighted by Crippen LogP contribution is 2.49. The first-order valence-corrected chi connectivity index (χ1v) is 10.9. The number of esters is 1. The molecular weight excluding hydrogens is 394 g/mol. The molecule has 0 fully saturated rings. The number of methoxy groups -OCH3 is 2. The molecule has 3 rings (SSSR count). The van der Waals surface area contributed by atoms with Crippen LogP contribution in [-0.4, -0.2) is 32.6 Å². The van der Waals surface area contributed by atoms with Crippen LogP contribution in [0.3, 0.4) is 0 Å². The number of unbranched alkanes of at least 4 members (excludes halogenated alkanes) is 1. The molecule has 1 N–H and O–H groups in total. The maximum atomic E-state index is 13.3. The van der Waals surface area contributed by atoms with Crippen LogP contribution in [0.1, 0.15) is 64.9 Å². The summed E-state index contributed by atoms with van der Waals surface area (Å²) in [6.07, 6.45) is 2.89.